The van der Waals surface area contributed by atoms with E-state index in [4.69, 9.17) is 0 Å². The summed E-state index contributed by atoms with van der Waals surface area (Å²) in [5.74, 6) is 1.00. The van der Waals surface area contributed by atoms with Crippen molar-refractivity contribution in [3.8, 4) is 0 Å². The Morgan fingerprint density at radius 2 is 2.21 bits per heavy atom. The Bertz CT molecular complexity index is 319. The lowest BCUT2D eigenvalue weighted by Gasteiger charge is -2.26. The molecule has 0 bridgehead atoms. The number of carbonyl (C=O) groups excluding carboxylic acids is 1. The summed E-state index contributed by atoms with van der Waals surface area (Å²) in [4.78, 5) is 10.5. The van der Waals surface area contributed by atoms with Gasteiger partial charge in [-0.25, -0.2) is 0 Å². The Hall–Kier alpha value is -0.960. The summed E-state index contributed by atoms with van der Waals surface area (Å²) >= 11 is 1.70. The van der Waals surface area contributed by atoms with E-state index in [1.54, 1.807) is 11.8 Å². The van der Waals surface area contributed by atoms with Crippen LogP contribution in [-0.4, -0.2) is 11.7 Å². The highest BCUT2D eigenvalue weighted by Gasteiger charge is 2.27. The quantitative estimate of drug-likeness (QED) is 0.703. The monoisotopic (exact) mass is 207 g/mol. The Labute approximate surface area is 88.1 Å². The maximum Gasteiger partial charge on any atom is 0.166 e. The molecule has 0 aromatic heterocycles. The van der Waals surface area contributed by atoms with Crippen LogP contribution in [-0.2, 0) is 4.79 Å². The zero-order valence-electron chi connectivity index (χ0n) is 8.01. The molecule has 3 atom stereocenters. The zero-order chi connectivity index (χ0) is 9.97. The van der Waals surface area contributed by atoms with Crippen molar-refractivity contribution in [2.24, 2.45) is 11.8 Å². The van der Waals surface area contributed by atoms with E-state index in [-0.39, 0.29) is 0 Å². The van der Waals surface area contributed by atoms with E-state index in [0.29, 0.717) is 22.9 Å². The second-order valence-corrected chi connectivity index (χ2v) is 4.61. The summed E-state index contributed by atoms with van der Waals surface area (Å²) in [5, 5.41) is 5.42. The van der Waals surface area contributed by atoms with Crippen LogP contribution in [0, 0.1) is 11.8 Å². The Morgan fingerprint density at radius 1 is 1.43 bits per heavy atom. The van der Waals surface area contributed by atoms with Crippen molar-refractivity contribution in [1.82, 2.24) is 5.32 Å². The Kier molecular flexibility index (Phi) is 2.77. The molecule has 2 aliphatic rings. The van der Waals surface area contributed by atoms with Crippen molar-refractivity contribution in [3.05, 3.63) is 35.4 Å². The third-order valence-corrected chi connectivity index (χ3v) is 3.71. The van der Waals surface area contributed by atoms with Crippen molar-refractivity contribution >= 4 is 18.0 Å². The van der Waals surface area contributed by atoms with Gasteiger partial charge in [-0.1, -0.05) is 31.2 Å². The second kappa shape index (κ2) is 4.05. The number of thioether (sulfide) groups is 1. The first-order valence-corrected chi connectivity index (χ1v) is 5.68. The molecular formula is C11H13NOS. The maximum absolute atomic E-state index is 10.5. The first-order valence-electron chi connectivity index (χ1n) is 4.73. The van der Waals surface area contributed by atoms with Crippen molar-refractivity contribution in [2.75, 3.05) is 0 Å². The topological polar surface area (TPSA) is 29.1 Å². The fraction of sp³-hybridized carbons (Fsp3) is 0.364. The molecule has 0 saturated carbocycles. The molecule has 0 aromatic rings. The minimum atomic E-state index is 0.311. The highest BCUT2D eigenvalue weighted by Crippen LogP contribution is 2.33. The molecule has 0 saturated heterocycles. The third-order valence-electron chi connectivity index (χ3n) is 2.59. The van der Waals surface area contributed by atoms with Crippen LogP contribution in [0.1, 0.15) is 6.92 Å². The predicted octanol–water partition coefficient (Wildman–Crippen LogP) is 2.07. The van der Waals surface area contributed by atoms with Crippen molar-refractivity contribution in [1.29, 1.82) is 0 Å². The first kappa shape index (κ1) is 9.59. The van der Waals surface area contributed by atoms with Crippen LogP contribution in [0.4, 0.5) is 0 Å². The van der Waals surface area contributed by atoms with E-state index >= 15 is 0 Å². The number of rotatable bonds is 2. The third kappa shape index (κ3) is 1.77. The fourth-order valence-corrected chi connectivity index (χ4v) is 2.88. The average Bonchev–Trinajstić information content (AvgIpc) is 2.67. The highest BCUT2D eigenvalue weighted by molar-refractivity contribution is 8.03. The van der Waals surface area contributed by atoms with E-state index in [1.165, 1.54) is 0 Å². The number of nitrogens with one attached hydrogen (secondary N) is 1. The summed E-state index contributed by atoms with van der Waals surface area (Å²) in [6.07, 6.45) is 9.43. The summed E-state index contributed by atoms with van der Waals surface area (Å²) in [6.45, 7) is 2.20. The molecule has 0 amide bonds. The molecular weight excluding hydrogens is 194 g/mol. The molecule has 14 heavy (non-hydrogen) atoms. The minimum absolute atomic E-state index is 0.311. The SMILES string of the molecule is CC1C=CC=CC1C1NC(C=O)=CS1. The lowest BCUT2D eigenvalue weighted by atomic mass is 9.90. The fourth-order valence-electron chi connectivity index (χ4n) is 1.74. The van der Waals surface area contributed by atoms with Gasteiger partial charge in [0.15, 0.2) is 6.29 Å². The Morgan fingerprint density at radius 3 is 2.86 bits per heavy atom. The first-order chi connectivity index (χ1) is 6.81. The van der Waals surface area contributed by atoms with Gasteiger partial charge in [-0.2, -0.15) is 0 Å². The van der Waals surface area contributed by atoms with E-state index in [9.17, 15) is 4.79 Å². The standard InChI is InChI=1S/C11H13NOS/c1-8-4-2-3-5-10(8)11-12-9(6-13)7-14-11/h2-8,10-12H,1H3. The number of allylic oxidation sites excluding steroid dienone is 4. The van der Waals surface area contributed by atoms with Crippen LogP contribution in [0.2, 0.25) is 0 Å². The van der Waals surface area contributed by atoms with Crippen LogP contribution in [0.15, 0.2) is 35.4 Å². The lowest BCUT2D eigenvalue weighted by Crippen LogP contribution is -2.32. The van der Waals surface area contributed by atoms with Crippen LogP contribution in [0.5, 0.6) is 0 Å². The van der Waals surface area contributed by atoms with E-state index < -0.39 is 0 Å². The second-order valence-electron chi connectivity index (χ2n) is 3.60. The molecule has 0 fully saturated rings. The van der Waals surface area contributed by atoms with Crippen molar-refractivity contribution in [2.45, 2.75) is 12.3 Å². The number of hydrogen-bond acceptors (Lipinski definition) is 3. The van der Waals surface area contributed by atoms with Crippen LogP contribution in [0.25, 0.3) is 0 Å². The van der Waals surface area contributed by atoms with E-state index in [1.807, 2.05) is 5.41 Å². The van der Waals surface area contributed by atoms with Crippen LogP contribution >= 0.6 is 11.8 Å². The molecule has 3 heteroatoms. The van der Waals surface area contributed by atoms with Gasteiger partial charge >= 0.3 is 0 Å². The van der Waals surface area contributed by atoms with Gasteiger partial charge in [-0.15, -0.1) is 11.8 Å². The van der Waals surface area contributed by atoms with Crippen LogP contribution < -0.4 is 5.32 Å². The number of hydrogen-bond donors (Lipinski definition) is 1. The van der Waals surface area contributed by atoms with Crippen molar-refractivity contribution in [3.63, 3.8) is 0 Å². The van der Waals surface area contributed by atoms with Gasteiger partial charge in [0.25, 0.3) is 0 Å². The molecule has 3 unspecified atom stereocenters. The number of aldehydes is 1. The summed E-state index contributed by atoms with van der Waals surface area (Å²) in [5.41, 5.74) is 0.704. The normalized spacial score (nSPS) is 35.2. The average molecular weight is 207 g/mol. The summed E-state index contributed by atoms with van der Waals surface area (Å²) in [7, 11) is 0. The number of carbonyl (C=O) groups is 1. The van der Waals surface area contributed by atoms with E-state index in [0.717, 1.165) is 6.29 Å². The smallest absolute Gasteiger partial charge is 0.166 e. The lowest BCUT2D eigenvalue weighted by molar-refractivity contribution is -0.105. The van der Waals surface area contributed by atoms with Gasteiger partial charge < -0.3 is 5.32 Å². The maximum atomic E-state index is 10.5. The zero-order valence-corrected chi connectivity index (χ0v) is 8.83. The van der Waals surface area contributed by atoms with Gasteiger partial charge in [-0.3, -0.25) is 4.79 Å². The Balaban J connectivity index is 2.01. The molecule has 2 nitrogen and oxygen atoms in total. The molecule has 0 aromatic carbocycles. The molecule has 1 heterocycles. The molecule has 74 valence electrons. The predicted molar refractivity (Wildman–Crippen MR) is 59.6 cm³/mol. The van der Waals surface area contributed by atoms with Crippen molar-refractivity contribution < 1.29 is 4.79 Å². The summed E-state index contributed by atoms with van der Waals surface area (Å²) < 4.78 is 0. The molecule has 1 aliphatic heterocycles. The highest BCUT2D eigenvalue weighted by atomic mass is 32.2. The van der Waals surface area contributed by atoms with Gasteiger partial charge in [0.1, 0.15) is 0 Å². The van der Waals surface area contributed by atoms with Gasteiger partial charge in [0, 0.05) is 5.92 Å². The molecule has 1 N–H and O–H groups in total. The van der Waals surface area contributed by atoms with Gasteiger partial charge in [0.05, 0.1) is 11.1 Å². The minimum Gasteiger partial charge on any atom is -0.369 e. The summed E-state index contributed by atoms with van der Waals surface area (Å²) in [6, 6.07) is 0. The van der Waals surface area contributed by atoms with Gasteiger partial charge in [-0.05, 0) is 11.3 Å². The molecule has 0 spiro atoms. The van der Waals surface area contributed by atoms with E-state index in [2.05, 4.69) is 36.5 Å². The largest absolute Gasteiger partial charge is 0.369 e. The molecule has 2 rings (SSSR count). The molecule has 1 aliphatic carbocycles. The van der Waals surface area contributed by atoms with Gasteiger partial charge in [0.2, 0.25) is 0 Å². The molecule has 0 radical (unpaired) electrons. The van der Waals surface area contributed by atoms with Crippen LogP contribution in [0.3, 0.4) is 0 Å².